The minimum absolute atomic E-state index is 0.0147. The van der Waals surface area contributed by atoms with Crippen LogP contribution in [0.3, 0.4) is 0 Å². The number of nitrogens with zero attached hydrogens (tertiary/aromatic N) is 1. The second-order valence-corrected chi connectivity index (χ2v) is 8.14. The number of carbonyl (C=O) groups is 1. The normalized spacial score (nSPS) is 11.3. The average Bonchev–Trinajstić information content (AvgIpc) is 2.71. The Morgan fingerprint density at radius 2 is 1.71 bits per heavy atom. The summed E-state index contributed by atoms with van der Waals surface area (Å²) in [6, 6.07) is 14.2. The van der Waals surface area contributed by atoms with E-state index in [4.69, 9.17) is 9.47 Å². The number of ether oxygens (including phenoxy) is 2. The number of methoxy groups -OCH3 is 2. The molecule has 0 saturated heterocycles. The zero-order chi connectivity index (χ0) is 20.6. The van der Waals surface area contributed by atoms with Gasteiger partial charge in [-0.25, -0.2) is 8.42 Å². The molecule has 0 aliphatic carbocycles. The molecule has 8 heteroatoms. The standard InChI is InChI=1S/C20H26N2O5S/c1-4-22(15-16-8-6-5-7-9-16)28(24,25)13-12-21-20(23)17-10-11-18(26-2)19(14-17)27-3/h5-11,14H,4,12-13,15H2,1-3H3,(H,21,23). The second-order valence-electron chi connectivity index (χ2n) is 6.05. The maximum atomic E-state index is 12.6. The van der Waals surface area contributed by atoms with Crippen LogP contribution in [0, 0.1) is 0 Å². The summed E-state index contributed by atoms with van der Waals surface area (Å²) in [5, 5.41) is 2.65. The Morgan fingerprint density at radius 1 is 1.04 bits per heavy atom. The van der Waals surface area contributed by atoms with Gasteiger partial charge in [0.1, 0.15) is 0 Å². The molecule has 0 aromatic heterocycles. The average molecular weight is 407 g/mol. The number of hydrogen-bond donors (Lipinski definition) is 1. The number of carbonyl (C=O) groups excluding carboxylic acids is 1. The number of hydrogen-bond acceptors (Lipinski definition) is 5. The van der Waals surface area contributed by atoms with Crippen LogP contribution in [0.1, 0.15) is 22.8 Å². The van der Waals surface area contributed by atoms with Crippen molar-refractivity contribution >= 4 is 15.9 Å². The zero-order valence-corrected chi connectivity index (χ0v) is 17.2. The molecule has 0 bridgehead atoms. The third-order valence-corrected chi connectivity index (χ3v) is 6.13. The fourth-order valence-corrected chi connectivity index (χ4v) is 4.05. The summed E-state index contributed by atoms with van der Waals surface area (Å²) in [4.78, 5) is 12.3. The van der Waals surface area contributed by atoms with Crippen LogP contribution in [-0.4, -0.2) is 51.7 Å². The maximum Gasteiger partial charge on any atom is 0.251 e. The van der Waals surface area contributed by atoms with Gasteiger partial charge in [-0.15, -0.1) is 0 Å². The topological polar surface area (TPSA) is 84.9 Å². The Bertz CT molecular complexity index is 885. The molecule has 0 radical (unpaired) electrons. The largest absolute Gasteiger partial charge is 0.493 e. The third-order valence-electron chi connectivity index (χ3n) is 4.24. The van der Waals surface area contributed by atoms with Crippen LogP contribution in [0.5, 0.6) is 11.5 Å². The van der Waals surface area contributed by atoms with Crippen molar-refractivity contribution in [3.8, 4) is 11.5 Å². The minimum Gasteiger partial charge on any atom is -0.493 e. The van der Waals surface area contributed by atoms with Crippen LogP contribution < -0.4 is 14.8 Å². The van der Waals surface area contributed by atoms with Crippen molar-refractivity contribution in [1.29, 1.82) is 0 Å². The molecule has 0 saturated carbocycles. The molecule has 2 aromatic rings. The first-order valence-corrected chi connectivity index (χ1v) is 10.5. The van der Waals surface area contributed by atoms with Gasteiger partial charge in [0.2, 0.25) is 10.0 Å². The smallest absolute Gasteiger partial charge is 0.251 e. The van der Waals surface area contributed by atoms with E-state index >= 15 is 0 Å². The van der Waals surface area contributed by atoms with Crippen LogP contribution in [0.2, 0.25) is 0 Å². The summed E-state index contributed by atoms with van der Waals surface area (Å²) < 4.78 is 36.9. The highest BCUT2D eigenvalue weighted by Gasteiger charge is 2.21. The molecule has 7 nitrogen and oxygen atoms in total. The Morgan fingerprint density at radius 3 is 2.32 bits per heavy atom. The maximum absolute atomic E-state index is 12.6. The highest BCUT2D eigenvalue weighted by Crippen LogP contribution is 2.27. The molecular weight excluding hydrogens is 380 g/mol. The first-order chi connectivity index (χ1) is 13.4. The van der Waals surface area contributed by atoms with Crippen LogP contribution in [-0.2, 0) is 16.6 Å². The van der Waals surface area contributed by atoms with Gasteiger partial charge in [-0.3, -0.25) is 4.79 Å². The Hall–Kier alpha value is -2.58. The van der Waals surface area contributed by atoms with Crippen molar-refractivity contribution in [3.05, 3.63) is 59.7 Å². The summed E-state index contributed by atoms with van der Waals surface area (Å²) in [7, 11) is -0.502. The molecule has 0 heterocycles. The summed E-state index contributed by atoms with van der Waals surface area (Å²) >= 11 is 0. The Kier molecular flexibility index (Phi) is 7.83. The Labute approximate surface area is 166 Å². The van der Waals surface area contributed by atoms with Gasteiger partial charge in [0.05, 0.1) is 20.0 Å². The first-order valence-electron chi connectivity index (χ1n) is 8.93. The summed E-state index contributed by atoms with van der Waals surface area (Å²) in [5.74, 6) is 0.401. The van der Waals surface area contributed by atoms with Crippen LogP contribution >= 0.6 is 0 Å². The fourth-order valence-electron chi connectivity index (χ4n) is 2.70. The predicted octanol–water partition coefficient (Wildman–Crippen LogP) is 2.29. The molecule has 1 N–H and O–H groups in total. The molecule has 0 atom stereocenters. The van der Waals surface area contributed by atoms with E-state index in [2.05, 4.69) is 5.32 Å². The molecule has 0 aliphatic heterocycles. The quantitative estimate of drug-likeness (QED) is 0.654. The third kappa shape index (κ3) is 5.71. The van der Waals surface area contributed by atoms with Gasteiger partial charge in [0.25, 0.3) is 5.91 Å². The van der Waals surface area contributed by atoms with E-state index in [1.54, 1.807) is 25.1 Å². The van der Waals surface area contributed by atoms with Crippen molar-refractivity contribution in [2.45, 2.75) is 13.5 Å². The molecule has 0 fully saturated rings. The second kappa shape index (κ2) is 10.1. The van der Waals surface area contributed by atoms with Crippen molar-refractivity contribution in [2.24, 2.45) is 0 Å². The van der Waals surface area contributed by atoms with E-state index in [0.29, 0.717) is 30.2 Å². The summed E-state index contributed by atoms with van der Waals surface area (Å²) in [5.41, 5.74) is 1.29. The van der Waals surface area contributed by atoms with Gasteiger partial charge in [-0.1, -0.05) is 37.3 Å². The van der Waals surface area contributed by atoms with Crippen molar-refractivity contribution in [1.82, 2.24) is 9.62 Å². The lowest BCUT2D eigenvalue weighted by atomic mass is 10.2. The lowest BCUT2D eigenvalue weighted by molar-refractivity contribution is 0.0955. The molecule has 0 aliphatic rings. The summed E-state index contributed by atoms with van der Waals surface area (Å²) in [6.45, 7) is 2.48. The molecule has 28 heavy (non-hydrogen) atoms. The van der Waals surface area contributed by atoms with E-state index in [0.717, 1.165) is 5.56 Å². The lowest BCUT2D eigenvalue weighted by Gasteiger charge is -2.20. The molecule has 1 amide bonds. The number of rotatable bonds is 10. The van der Waals surface area contributed by atoms with Crippen molar-refractivity contribution in [3.63, 3.8) is 0 Å². The van der Waals surface area contributed by atoms with Crippen molar-refractivity contribution in [2.75, 3.05) is 33.1 Å². The van der Waals surface area contributed by atoms with E-state index in [-0.39, 0.29) is 18.2 Å². The van der Waals surface area contributed by atoms with E-state index in [1.165, 1.54) is 18.5 Å². The van der Waals surface area contributed by atoms with Crippen LogP contribution in [0.25, 0.3) is 0 Å². The van der Waals surface area contributed by atoms with Gasteiger partial charge in [-0.05, 0) is 23.8 Å². The van der Waals surface area contributed by atoms with Crippen molar-refractivity contribution < 1.29 is 22.7 Å². The Balaban J connectivity index is 1.96. The fraction of sp³-hybridized carbons (Fsp3) is 0.350. The zero-order valence-electron chi connectivity index (χ0n) is 16.3. The van der Waals surface area contributed by atoms with Crippen LogP contribution in [0.15, 0.2) is 48.5 Å². The molecule has 0 unspecified atom stereocenters. The van der Waals surface area contributed by atoms with Gasteiger partial charge in [0.15, 0.2) is 11.5 Å². The van der Waals surface area contributed by atoms with E-state index in [9.17, 15) is 13.2 Å². The van der Waals surface area contributed by atoms with E-state index < -0.39 is 10.0 Å². The van der Waals surface area contributed by atoms with Gasteiger partial charge in [0, 0.05) is 25.2 Å². The molecule has 0 spiro atoms. The van der Waals surface area contributed by atoms with Gasteiger partial charge < -0.3 is 14.8 Å². The first kappa shape index (κ1) is 21.7. The highest BCUT2D eigenvalue weighted by atomic mass is 32.2. The molecule has 2 rings (SSSR count). The van der Waals surface area contributed by atoms with E-state index in [1.807, 2.05) is 30.3 Å². The SMILES string of the molecule is CCN(Cc1ccccc1)S(=O)(=O)CCNC(=O)c1ccc(OC)c(OC)c1. The number of benzene rings is 2. The number of sulfonamides is 1. The van der Waals surface area contributed by atoms with Gasteiger partial charge >= 0.3 is 0 Å². The highest BCUT2D eigenvalue weighted by molar-refractivity contribution is 7.89. The molecular formula is C20H26N2O5S. The lowest BCUT2D eigenvalue weighted by Crippen LogP contribution is -2.37. The van der Waals surface area contributed by atoms with Gasteiger partial charge in [-0.2, -0.15) is 4.31 Å². The number of nitrogens with one attached hydrogen (secondary N) is 1. The monoisotopic (exact) mass is 406 g/mol. The minimum atomic E-state index is -3.50. The number of amides is 1. The predicted molar refractivity (Wildman–Crippen MR) is 108 cm³/mol. The molecule has 2 aromatic carbocycles. The molecule has 152 valence electrons. The summed E-state index contributed by atoms with van der Waals surface area (Å²) in [6.07, 6.45) is 0. The van der Waals surface area contributed by atoms with Crippen LogP contribution in [0.4, 0.5) is 0 Å².